The molecule has 12 nitrogen and oxygen atoms in total. The van der Waals surface area contributed by atoms with Gasteiger partial charge in [-0.25, -0.2) is 4.79 Å². The second-order valence-corrected chi connectivity index (χ2v) is 11.8. The maximum Gasteiger partial charge on any atom is 0.409 e. The van der Waals surface area contributed by atoms with Gasteiger partial charge in [0.25, 0.3) is 23.6 Å². The summed E-state index contributed by atoms with van der Waals surface area (Å²) in [5.74, 6) is -1.66. The van der Waals surface area contributed by atoms with Gasteiger partial charge in [-0.2, -0.15) is 0 Å². The van der Waals surface area contributed by atoms with E-state index in [1.165, 1.54) is 31.9 Å². The number of anilines is 1. The molecule has 258 valence electrons. The molecule has 3 aromatic rings. The number of hydrogen-bond donors (Lipinski definition) is 1. The Morgan fingerprint density at radius 2 is 1.46 bits per heavy atom. The first kappa shape index (κ1) is 35.4. The van der Waals surface area contributed by atoms with E-state index in [1.807, 2.05) is 24.1 Å². The van der Waals surface area contributed by atoms with E-state index in [0.29, 0.717) is 65.0 Å². The topological polar surface area (TPSA) is 135 Å². The van der Waals surface area contributed by atoms with Crippen molar-refractivity contribution in [2.45, 2.75) is 13.3 Å². The largest absolute Gasteiger partial charge is 0.450 e. The lowest BCUT2D eigenvalue weighted by Crippen LogP contribution is -2.46. The second-order valence-electron chi connectivity index (χ2n) is 11.8. The van der Waals surface area contributed by atoms with Crippen LogP contribution in [-0.4, -0.2) is 109 Å². The first-order valence-electron chi connectivity index (χ1n) is 16.4. The smallest absolute Gasteiger partial charge is 0.409 e. The zero-order valence-corrected chi connectivity index (χ0v) is 28.3. The molecule has 5 amide bonds. The zero-order chi connectivity index (χ0) is 35.9. The SMILES string of the molecule is C=C/C=C1/C(=O)N(CCN(C)CCCN(CCN2C(=O)c3cccc4cccc(c34)C2=O)C(=O)OCC)C(=O)c2ccc(N(C=C)C=N)cc21. The molecule has 3 aromatic carbocycles. The maximum atomic E-state index is 13.5. The summed E-state index contributed by atoms with van der Waals surface area (Å²) in [6.07, 6.45) is 5.60. The molecule has 5 rings (SSSR count). The molecule has 2 heterocycles. The van der Waals surface area contributed by atoms with Crippen LogP contribution in [0.5, 0.6) is 0 Å². The molecule has 2 aliphatic rings. The van der Waals surface area contributed by atoms with Crippen molar-refractivity contribution in [3.63, 3.8) is 0 Å². The van der Waals surface area contributed by atoms with Crippen LogP contribution in [0.15, 0.2) is 86.1 Å². The van der Waals surface area contributed by atoms with E-state index >= 15 is 0 Å². The number of allylic oxidation sites excluding steroid dienone is 2. The molecule has 0 spiro atoms. The average molecular weight is 677 g/mol. The predicted octanol–water partition coefficient (Wildman–Crippen LogP) is 5.03. The molecular formula is C38H40N6O6. The number of likely N-dealkylation sites (N-methyl/N-ethyl adjacent to an activating group) is 1. The van der Waals surface area contributed by atoms with Gasteiger partial charge in [0.15, 0.2) is 0 Å². The lowest BCUT2D eigenvalue weighted by molar-refractivity contribution is -0.123. The van der Waals surface area contributed by atoms with Crippen molar-refractivity contribution >= 4 is 58.1 Å². The minimum Gasteiger partial charge on any atom is -0.450 e. The number of hydrogen-bond acceptors (Lipinski definition) is 8. The Bertz CT molecular complexity index is 1860. The molecule has 0 bridgehead atoms. The van der Waals surface area contributed by atoms with E-state index in [4.69, 9.17) is 10.1 Å². The standard InChI is InChI=1S/C38H40N6O6/c1-5-11-28-32-24-27(41(6-2)25-39)16-17-29(32)35(46)43(34(28)45)22-20-40(4)18-10-19-42(38(49)50-7-3)21-23-44-36(47)30-14-8-12-26-13-9-15-31(33(26)30)37(44)48/h5-6,8-9,11-17,24-25,39H,1-2,7,10,18-23H2,3-4H3/b28-11+,39-25?. The van der Waals surface area contributed by atoms with Gasteiger partial charge in [-0.1, -0.05) is 43.5 Å². The second kappa shape index (κ2) is 15.6. The molecule has 0 aromatic heterocycles. The molecule has 0 radical (unpaired) electrons. The Kier molecular flexibility index (Phi) is 11.0. The first-order chi connectivity index (χ1) is 24.1. The summed E-state index contributed by atoms with van der Waals surface area (Å²) < 4.78 is 5.27. The quantitative estimate of drug-likeness (QED) is 0.103. The fourth-order valence-electron chi connectivity index (χ4n) is 6.24. The Labute approximate surface area is 291 Å². The number of carbonyl (C=O) groups excluding carboxylic acids is 5. The summed E-state index contributed by atoms with van der Waals surface area (Å²) in [6, 6.07) is 15.7. The Balaban J connectivity index is 1.20. The Hall–Kier alpha value is -5.88. The third kappa shape index (κ3) is 6.96. The van der Waals surface area contributed by atoms with Crippen molar-refractivity contribution in [3.05, 3.63) is 108 Å². The van der Waals surface area contributed by atoms with Crippen molar-refractivity contribution in [1.29, 1.82) is 5.41 Å². The van der Waals surface area contributed by atoms with Crippen LogP contribution in [0.3, 0.4) is 0 Å². The minimum atomic E-state index is -0.542. The van der Waals surface area contributed by atoms with Gasteiger partial charge in [-0.15, -0.1) is 0 Å². The fraction of sp³-hybridized carbons (Fsp3) is 0.263. The number of rotatable bonds is 15. The number of carbonyl (C=O) groups is 5. The molecule has 0 fully saturated rings. The zero-order valence-electron chi connectivity index (χ0n) is 28.3. The van der Waals surface area contributed by atoms with Crippen LogP contribution < -0.4 is 4.90 Å². The number of fused-ring (bicyclic) bond motifs is 1. The molecule has 50 heavy (non-hydrogen) atoms. The summed E-state index contributed by atoms with van der Waals surface area (Å²) in [4.78, 5) is 73.9. The molecule has 12 heteroatoms. The molecule has 0 unspecified atom stereocenters. The van der Waals surface area contributed by atoms with Gasteiger partial charge in [-0.05, 0) is 68.7 Å². The summed E-state index contributed by atoms with van der Waals surface area (Å²) in [6.45, 7) is 10.8. The van der Waals surface area contributed by atoms with Crippen molar-refractivity contribution in [2.75, 3.05) is 57.8 Å². The van der Waals surface area contributed by atoms with E-state index in [2.05, 4.69) is 13.2 Å². The monoisotopic (exact) mass is 676 g/mol. The van der Waals surface area contributed by atoms with Gasteiger partial charge >= 0.3 is 6.09 Å². The van der Waals surface area contributed by atoms with Crippen molar-refractivity contribution in [3.8, 4) is 0 Å². The lowest BCUT2D eigenvalue weighted by Gasteiger charge is -2.31. The van der Waals surface area contributed by atoms with Crippen LogP contribution in [0, 0.1) is 5.41 Å². The number of imide groups is 2. The van der Waals surface area contributed by atoms with Crippen LogP contribution in [0.1, 0.15) is 50.0 Å². The van der Waals surface area contributed by atoms with E-state index in [1.54, 1.807) is 55.5 Å². The van der Waals surface area contributed by atoms with E-state index in [-0.39, 0.29) is 26.2 Å². The molecular weight excluding hydrogens is 636 g/mol. The van der Waals surface area contributed by atoms with Crippen LogP contribution in [0.25, 0.3) is 16.3 Å². The van der Waals surface area contributed by atoms with E-state index in [9.17, 15) is 24.0 Å². The van der Waals surface area contributed by atoms with Gasteiger partial charge in [0.05, 0.1) is 12.9 Å². The van der Waals surface area contributed by atoms with Gasteiger partial charge in [-0.3, -0.25) is 34.4 Å². The predicted molar refractivity (Wildman–Crippen MR) is 192 cm³/mol. The number of benzene rings is 3. The first-order valence-corrected chi connectivity index (χ1v) is 16.4. The summed E-state index contributed by atoms with van der Waals surface area (Å²) >= 11 is 0. The van der Waals surface area contributed by atoms with Crippen molar-refractivity contribution in [2.24, 2.45) is 0 Å². The van der Waals surface area contributed by atoms with Crippen LogP contribution in [0.4, 0.5) is 10.5 Å². The molecule has 2 aliphatic heterocycles. The van der Waals surface area contributed by atoms with Crippen molar-refractivity contribution in [1.82, 2.24) is 19.6 Å². The summed E-state index contributed by atoms with van der Waals surface area (Å²) in [5.41, 5.74) is 2.65. The number of nitrogens with one attached hydrogen (secondary N) is 1. The van der Waals surface area contributed by atoms with E-state index < -0.39 is 29.7 Å². The van der Waals surface area contributed by atoms with Crippen LogP contribution in [0.2, 0.25) is 0 Å². The normalized spacial score (nSPS) is 14.7. The highest BCUT2D eigenvalue weighted by molar-refractivity contribution is 6.31. The molecule has 1 N–H and O–H groups in total. The lowest BCUT2D eigenvalue weighted by atomic mass is 9.92. The fourth-order valence-corrected chi connectivity index (χ4v) is 6.24. The van der Waals surface area contributed by atoms with Gasteiger partial charge in [0, 0.05) is 77.8 Å². The average Bonchev–Trinajstić information content (AvgIpc) is 3.11. The Morgan fingerprint density at radius 3 is 2.08 bits per heavy atom. The number of ether oxygens (including phenoxy) is 1. The van der Waals surface area contributed by atoms with Crippen LogP contribution >= 0.6 is 0 Å². The summed E-state index contributed by atoms with van der Waals surface area (Å²) in [7, 11) is 1.86. The third-order valence-corrected chi connectivity index (χ3v) is 8.81. The summed E-state index contributed by atoms with van der Waals surface area (Å²) in [5, 5.41) is 9.07. The molecule has 0 atom stereocenters. The molecule has 0 aliphatic carbocycles. The highest BCUT2D eigenvalue weighted by Gasteiger charge is 2.35. The third-order valence-electron chi connectivity index (χ3n) is 8.81. The molecule has 0 saturated heterocycles. The Morgan fingerprint density at radius 1 is 0.820 bits per heavy atom. The molecule has 0 saturated carbocycles. The van der Waals surface area contributed by atoms with Gasteiger partial charge in [0.2, 0.25) is 0 Å². The van der Waals surface area contributed by atoms with Gasteiger partial charge < -0.3 is 19.4 Å². The van der Waals surface area contributed by atoms with Crippen molar-refractivity contribution < 1.29 is 28.7 Å². The number of nitrogens with zero attached hydrogens (tertiary/aromatic N) is 5. The minimum absolute atomic E-state index is 0.00669. The van der Waals surface area contributed by atoms with Gasteiger partial charge in [0.1, 0.15) is 0 Å². The van der Waals surface area contributed by atoms with Crippen LogP contribution in [-0.2, 0) is 9.53 Å². The highest BCUT2D eigenvalue weighted by atomic mass is 16.6. The maximum absolute atomic E-state index is 13.5. The highest BCUT2D eigenvalue weighted by Crippen LogP contribution is 2.33. The van der Waals surface area contributed by atoms with E-state index in [0.717, 1.165) is 11.7 Å². The number of amides is 5.